The maximum absolute atomic E-state index is 13.4. The molecule has 4 heteroatoms. The maximum Gasteiger partial charge on any atom is 0.128 e. The van der Waals surface area contributed by atoms with E-state index < -0.39 is 0 Å². The Morgan fingerprint density at radius 2 is 1.88 bits per heavy atom. The van der Waals surface area contributed by atoms with Crippen molar-refractivity contribution >= 4 is 5.84 Å². The monoisotopic (exact) mass is 235 g/mol. The van der Waals surface area contributed by atoms with E-state index in [2.05, 4.69) is 11.9 Å². The summed E-state index contributed by atoms with van der Waals surface area (Å²) in [7, 11) is 2.08. The molecule has 0 aliphatic carbocycles. The summed E-state index contributed by atoms with van der Waals surface area (Å²) >= 11 is 0. The third-order valence-electron chi connectivity index (χ3n) is 3.26. The topological polar surface area (TPSA) is 30.3 Å². The molecular weight excluding hydrogens is 217 g/mol. The summed E-state index contributed by atoms with van der Waals surface area (Å²) in [6.07, 6.45) is 0. The Hall–Kier alpha value is -1.42. The third-order valence-corrected chi connectivity index (χ3v) is 3.26. The van der Waals surface area contributed by atoms with Crippen LogP contribution in [0.2, 0.25) is 0 Å². The zero-order valence-corrected chi connectivity index (χ0v) is 10.3. The van der Waals surface area contributed by atoms with Crippen molar-refractivity contribution in [2.24, 2.45) is 0 Å². The number of piperazine rings is 1. The van der Waals surface area contributed by atoms with E-state index in [1.807, 2.05) is 11.0 Å². The molecule has 17 heavy (non-hydrogen) atoms. The van der Waals surface area contributed by atoms with Crippen molar-refractivity contribution in [2.45, 2.75) is 6.92 Å². The van der Waals surface area contributed by atoms with Crippen LogP contribution in [0.15, 0.2) is 18.2 Å². The maximum atomic E-state index is 13.4. The van der Waals surface area contributed by atoms with E-state index in [0.29, 0.717) is 17.0 Å². The summed E-state index contributed by atoms with van der Waals surface area (Å²) in [5.41, 5.74) is 1.29. The Kier molecular flexibility index (Phi) is 3.43. The molecule has 1 aliphatic rings. The van der Waals surface area contributed by atoms with Crippen LogP contribution >= 0.6 is 0 Å². The molecule has 0 atom stereocenters. The van der Waals surface area contributed by atoms with E-state index in [9.17, 15) is 4.39 Å². The number of rotatable bonds is 1. The fraction of sp³-hybridized carbons (Fsp3) is 0.462. The molecule has 92 valence electrons. The van der Waals surface area contributed by atoms with Crippen molar-refractivity contribution in [2.75, 3.05) is 33.2 Å². The molecular formula is C13H18FN3. The van der Waals surface area contributed by atoms with Gasteiger partial charge in [0.15, 0.2) is 0 Å². The van der Waals surface area contributed by atoms with E-state index in [0.717, 1.165) is 26.2 Å². The average Bonchev–Trinajstić information content (AvgIpc) is 2.33. The lowest BCUT2D eigenvalue weighted by Crippen LogP contribution is -2.47. The van der Waals surface area contributed by atoms with Gasteiger partial charge in [-0.1, -0.05) is 12.1 Å². The fourth-order valence-corrected chi connectivity index (χ4v) is 1.95. The summed E-state index contributed by atoms with van der Waals surface area (Å²) in [5, 5.41) is 8.10. The van der Waals surface area contributed by atoms with Gasteiger partial charge in [0.25, 0.3) is 0 Å². The molecule has 0 amide bonds. The second kappa shape index (κ2) is 4.84. The van der Waals surface area contributed by atoms with Crippen LogP contribution in [0.25, 0.3) is 0 Å². The van der Waals surface area contributed by atoms with E-state index in [-0.39, 0.29) is 5.82 Å². The van der Waals surface area contributed by atoms with Crippen LogP contribution in [0, 0.1) is 18.2 Å². The molecule has 3 nitrogen and oxygen atoms in total. The lowest BCUT2D eigenvalue weighted by Gasteiger charge is -2.34. The quantitative estimate of drug-likeness (QED) is 0.593. The highest BCUT2D eigenvalue weighted by Crippen LogP contribution is 2.12. The Labute approximate surface area is 101 Å². The number of nitrogens with zero attached hydrogens (tertiary/aromatic N) is 2. The molecule has 1 heterocycles. The minimum Gasteiger partial charge on any atom is -0.354 e. The van der Waals surface area contributed by atoms with Crippen LogP contribution in [0.3, 0.4) is 0 Å². The number of halogens is 1. The Morgan fingerprint density at radius 3 is 2.47 bits per heavy atom. The van der Waals surface area contributed by atoms with Crippen LogP contribution in [-0.2, 0) is 0 Å². The molecule has 0 aromatic heterocycles. The van der Waals surface area contributed by atoms with Crippen molar-refractivity contribution in [3.8, 4) is 0 Å². The highest BCUT2D eigenvalue weighted by Gasteiger charge is 2.17. The highest BCUT2D eigenvalue weighted by atomic mass is 19.1. The molecule has 0 unspecified atom stereocenters. The smallest absolute Gasteiger partial charge is 0.128 e. The first-order valence-electron chi connectivity index (χ1n) is 5.86. The fourth-order valence-electron chi connectivity index (χ4n) is 1.95. The molecule has 1 aromatic rings. The Morgan fingerprint density at radius 1 is 1.24 bits per heavy atom. The molecule has 0 radical (unpaired) electrons. The van der Waals surface area contributed by atoms with Crippen LogP contribution in [-0.4, -0.2) is 48.9 Å². The van der Waals surface area contributed by atoms with Gasteiger partial charge in [0, 0.05) is 31.7 Å². The Bertz CT molecular complexity index is 423. The summed E-state index contributed by atoms with van der Waals surface area (Å²) in [6, 6.07) is 5.00. The van der Waals surface area contributed by atoms with Crippen molar-refractivity contribution in [3.05, 3.63) is 35.1 Å². The lowest BCUT2D eigenvalue weighted by molar-refractivity contribution is 0.215. The minimum absolute atomic E-state index is 0.235. The molecule has 1 saturated heterocycles. The van der Waals surface area contributed by atoms with Crippen molar-refractivity contribution in [1.82, 2.24) is 9.80 Å². The van der Waals surface area contributed by atoms with E-state index in [4.69, 9.17) is 5.41 Å². The van der Waals surface area contributed by atoms with Gasteiger partial charge in [-0.25, -0.2) is 4.39 Å². The zero-order valence-electron chi connectivity index (χ0n) is 10.3. The first kappa shape index (κ1) is 12.0. The highest BCUT2D eigenvalue weighted by molar-refractivity contribution is 5.96. The number of benzene rings is 1. The number of hydrogen-bond acceptors (Lipinski definition) is 2. The van der Waals surface area contributed by atoms with Gasteiger partial charge in [-0.05, 0) is 25.6 Å². The molecule has 1 N–H and O–H groups in total. The summed E-state index contributed by atoms with van der Waals surface area (Å²) in [4.78, 5) is 4.24. The van der Waals surface area contributed by atoms with Gasteiger partial charge >= 0.3 is 0 Å². The summed E-state index contributed by atoms with van der Waals surface area (Å²) < 4.78 is 13.4. The van der Waals surface area contributed by atoms with Gasteiger partial charge in [-0.15, -0.1) is 0 Å². The van der Waals surface area contributed by atoms with E-state index in [1.54, 1.807) is 13.0 Å². The van der Waals surface area contributed by atoms with Gasteiger partial charge in [0.1, 0.15) is 11.7 Å². The summed E-state index contributed by atoms with van der Waals surface area (Å²) in [6.45, 7) is 5.32. The van der Waals surface area contributed by atoms with Crippen molar-refractivity contribution in [1.29, 1.82) is 5.41 Å². The zero-order chi connectivity index (χ0) is 12.4. The standard InChI is InChI=1S/C13H18FN3/c1-10-3-4-11(9-12(10)14)13(15)17-7-5-16(2)6-8-17/h3-4,9,15H,5-8H2,1-2H3. The molecule has 1 fully saturated rings. The van der Waals surface area contributed by atoms with Crippen LogP contribution < -0.4 is 0 Å². The second-order valence-corrected chi connectivity index (χ2v) is 4.60. The van der Waals surface area contributed by atoms with Crippen LogP contribution in [0.5, 0.6) is 0 Å². The van der Waals surface area contributed by atoms with Gasteiger partial charge < -0.3 is 9.80 Å². The average molecular weight is 235 g/mol. The van der Waals surface area contributed by atoms with Gasteiger partial charge in [0.2, 0.25) is 0 Å². The molecule has 1 aliphatic heterocycles. The minimum atomic E-state index is -0.235. The number of likely N-dealkylation sites (N-methyl/N-ethyl adjacent to an activating group) is 1. The normalized spacial score (nSPS) is 17.2. The second-order valence-electron chi connectivity index (χ2n) is 4.60. The number of nitrogens with one attached hydrogen (secondary N) is 1. The molecule has 1 aromatic carbocycles. The predicted molar refractivity (Wildman–Crippen MR) is 67.0 cm³/mol. The number of amidine groups is 1. The van der Waals surface area contributed by atoms with Crippen LogP contribution in [0.1, 0.15) is 11.1 Å². The third kappa shape index (κ3) is 2.64. The molecule has 2 rings (SSSR count). The van der Waals surface area contributed by atoms with Gasteiger partial charge in [0.05, 0.1) is 0 Å². The summed E-state index contributed by atoms with van der Waals surface area (Å²) in [5.74, 6) is 0.193. The largest absolute Gasteiger partial charge is 0.354 e. The predicted octanol–water partition coefficient (Wildman–Crippen LogP) is 1.71. The van der Waals surface area contributed by atoms with E-state index >= 15 is 0 Å². The van der Waals surface area contributed by atoms with E-state index in [1.165, 1.54) is 6.07 Å². The first-order valence-corrected chi connectivity index (χ1v) is 5.86. The van der Waals surface area contributed by atoms with Crippen molar-refractivity contribution in [3.63, 3.8) is 0 Å². The molecule has 0 spiro atoms. The van der Waals surface area contributed by atoms with Gasteiger partial charge in [-0.2, -0.15) is 0 Å². The molecule has 0 saturated carbocycles. The van der Waals surface area contributed by atoms with Crippen LogP contribution in [0.4, 0.5) is 4.39 Å². The first-order chi connectivity index (χ1) is 8.08. The van der Waals surface area contributed by atoms with Gasteiger partial charge in [-0.3, -0.25) is 5.41 Å². The van der Waals surface area contributed by atoms with Crippen molar-refractivity contribution < 1.29 is 4.39 Å². The number of hydrogen-bond donors (Lipinski definition) is 1. The number of aryl methyl sites for hydroxylation is 1. The SMILES string of the molecule is Cc1ccc(C(=N)N2CCN(C)CC2)cc1F. The Balaban J connectivity index is 2.11. The molecule has 0 bridgehead atoms. The lowest BCUT2D eigenvalue weighted by atomic mass is 10.1.